The summed E-state index contributed by atoms with van der Waals surface area (Å²) in [4.78, 5) is 0. The third-order valence-corrected chi connectivity index (χ3v) is 4.99. The number of nitrogens with one attached hydrogen (secondary N) is 2. The maximum atomic E-state index is 11.6. The molecule has 0 aromatic heterocycles. The van der Waals surface area contributed by atoms with E-state index < -0.39 is 31.4 Å². The van der Waals surface area contributed by atoms with Crippen molar-refractivity contribution in [2.24, 2.45) is 5.73 Å². The van der Waals surface area contributed by atoms with Gasteiger partial charge in [0, 0.05) is 18.4 Å². The first kappa shape index (κ1) is 16.6. The minimum atomic E-state index is -3.66. The Hall–Kier alpha value is -1.45. The van der Waals surface area contributed by atoms with Crippen LogP contribution in [0, 0.1) is 5.41 Å². The molecular weight excluding hydrogens is 302 g/mol. The average Bonchev–Trinajstić information content (AvgIpc) is 2.34. The lowest BCUT2D eigenvalue weighted by atomic mass is 10.1. The van der Waals surface area contributed by atoms with Gasteiger partial charge >= 0.3 is 0 Å². The van der Waals surface area contributed by atoms with Crippen LogP contribution in [0.1, 0.15) is 11.1 Å². The lowest BCUT2D eigenvalue weighted by molar-refractivity contribution is 0.579. The second kappa shape index (κ2) is 6.33. The SMILES string of the molecule is CS(=O)(=O)CCS(=O)(=O)NCc1cccc(C(=N)N)c1. The van der Waals surface area contributed by atoms with Gasteiger partial charge in [0.2, 0.25) is 10.0 Å². The largest absolute Gasteiger partial charge is 0.384 e. The molecule has 1 aromatic carbocycles. The number of rotatable bonds is 7. The van der Waals surface area contributed by atoms with Gasteiger partial charge in [0.05, 0.1) is 11.5 Å². The highest BCUT2D eigenvalue weighted by Gasteiger charge is 2.14. The lowest BCUT2D eigenvalue weighted by Crippen LogP contribution is -2.29. The van der Waals surface area contributed by atoms with Crippen LogP contribution in [0.3, 0.4) is 0 Å². The minimum absolute atomic E-state index is 0.0210. The van der Waals surface area contributed by atoms with Gasteiger partial charge in [0.25, 0.3) is 0 Å². The van der Waals surface area contributed by atoms with Crippen LogP contribution in [0.25, 0.3) is 0 Å². The van der Waals surface area contributed by atoms with Crippen LogP contribution in [-0.4, -0.2) is 40.4 Å². The molecule has 9 heteroatoms. The third kappa shape index (κ3) is 6.13. The Morgan fingerprint density at radius 1 is 1.25 bits per heavy atom. The molecular formula is C11H17N3O4S2. The fourth-order valence-electron chi connectivity index (χ4n) is 1.38. The summed E-state index contributed by atoms with van der Waals surface area (Å²) in [5.41, 5.74) is 6.48. The predicted molar refractivity (Wildman–Crippen MR) is 77.8 cm³/mol. The van der Waals surface area contributed by atoms with Crippen LogP contribution in [0.5, 0.6) is 0 Å². The number of nitrogens with two attached hydrogens (primary N) is 1. The van der Waals surface area contributed by atoms with Gasteiger partial charge in [-0.25, -0.2) is 21.6 Å². The Labute approximate surface area is 118 Å². The molecule has 0 saturated heterocycles. The van der Waals surface area contributed by atoms with Gasteiger partial charge in [0.15, 0.2) is 0 Å². The molecule has 1 aromatic rings. The summed E-state index contributed by atoms with van der Waals surface area (Å²) in [5.74, 6) is -1.000. The molecule has 0 aliphatic carbocycles. The summed E-state index contributed by atoms with van der Waals surface area (Å²) >= 11 is 0. The number of benzene rings is 1. The normalized spacial score (nSPS) is 12.2. The second-order valence-corrected chi connectivity index (χ2v) is 8.57. The van der Waals surface area contributed by atoms with Gasteiger partial charge in [-0.1, -0.05) is 18.2 Å². The number of sulfone groups is 1. The zero-order chi connectivity index (χ0) is 15.4. The Morgan fingerprint density at radius 3 is 2.45 bits per heavy atom. The fourth-order valence-corrected chi connectivity index (χ4v) is 3.99. The molecule has 0 amide bonds. The van der Waals surface area contributed by atoms with Crippen LogP contribution in [0.2, 0.25) is 0 Å². The smallest absolute Gasteiger partial charge is 0.212 e. The highest BCUT2D eigenvalue weighted by molar-refractivity contribution is 7.93. The molecule has 1 rings (SSSR count). The molecule has 0 aliphatic heterocycles. The van der Waals surface area contributed by atoms with E-state index in [9.17, 15) is 16.8 Å². The zero-order valence-electron chi connectivity index (χ0n) is 11.0. The monoisotopic (exact) mass is 319 g/mol. The van der Waals surface area contributed by atoms with E-state index in [4.69, 9.17) is 11.1 Å². The minimum Gasteiger partial charge on any atom is -0.384 e. The van der Waals surface area contributed by atoms with Gasteiger partial charge in [-0.15, -0.1) is 0 Å². The molecule has 7 nitrogen and oxygen atoms in total. The summed E-state index contributed by atoms with van der Waals surface area (Å²) in [6.07, 6.45) is 0.985. The molecule has 0 spiro atoms. The van der Waals surface area contributed by atoms with Crippen molar-refractivity contribution in [3.63, 3.8) is 0 Å². The summed E-state index contributed by atoms with van der Waals surface area (Å²) in [6.45, 7) is 0.0210. The Balaban J connectivity index is 2.67. The van der Waals surface area contributed by atoms with Gasteiger partial charge in [-0.2, -0.15) is 0 Å². The first-order chi connectivity index (χ1) is 9.09. The van der Waals surface area contributed by atoms with Crippen molar-refractivity contribution in [3.05, 3.63) is 35.4 Å². The molecule has 0 aliphatic rings. The highest BCUT2D eigenvalue weighted by atomic mass is 32.2. The number of hydrogen-bond acceptors (Lipinski definition) is 5. The molecule has 112 valence electrons. The van der Waals surface area contributed by atoms with E-state index in [-0.39, 0.29) is 12.4 Å². The average molecular weight is 319 g/mol. The molecule has 0 radical (unpaired) electrons. The van der Waals surface area contributed by atoms with Gasteiger partial charge in [-0.05, 0) is 11.6 Å². The van der Waals surface area contributed by atoms with E-state index in [2.05, 4.69) is 4.72 Å². The van der Waals surface area contributed by atoms with Crippen molar-refractivity contribution >= 4 is 25.7 Å². The first-order valence-corrected chi connectivity index (χ1v) is 9.39. The summed E-state index contributed by atoms with van der Waals surface area (Å²) in [5, 5.41) is 7.29. The van der Waals surface area contributed by atoms with E-state index in [0.717, 1.165) is 6.26 Å². The topological polar surface area (TPSA) is 130 Å². The van der Waals surface area contributed by atoms with Crippen LogP contribution in [-0.2, 0) is 26.4 Å². The van der Waals surface area contributed by atoms with Crippen LogP contribution >= 0.6 is 0 Å². The second-order valence-electron chi connectivity index (χ2n) is 4.38. The van der Waals surface area contributed by atoms with Crippen molar-refractivity contribution in [3.8, 4) is 0 Å². The number of amidine groups is 1. The molecule has 0 heterocycles. The van der Waals surface area contributed by atoms with Crippen molar-refractivity contribution in [1.29, 1.82) is 5.41 Å². The highest BCUT2D eigenvalue weighted by Crippen LogP contribution is 2.05. The fraction of sp³-hybridized carbons (Fsp3) is 0.364. The first-order valence-electron chi connectivity index (χ1n) is 5.67. The maximum Gasteiger partial charge on any atom is 0.212 e. The van der Waals surface area contributed by atoms with Gasteiger partial charge in [-0.3, -0.25) is 5.41 Å². The molecule has 0 bridgehead atoms. The number of sulfonamides is 1. The number of hydrogen-bond donors (Lipinski definition) is 3. The molecule has 0 saturated carbocycles. The summed E-state index contributed by atoms with van der Waals surface area (Å²) in [6, 6.07) is 6.59. The van der Waals surface area contributed by atoms with Crippen molar-refractivity contribution in [1.82, 2.24) is 4.72 Å². The van der Waals surface area contributed by atoms with E-state index >= 15 is 0 Å². The Kier molecular flexibility index (Phi) is 5.26. The molecule has 4 N–H and O–H groups in total. The number of nitrogen functional groups attached to an aromatic ring is 1. The lowest BCUT2D eigenvalue weighted by Gasteiger charge is -2.07. The van der Waals surface area contributed by atoms with E-state index in [1.54, 1.807) is 24.3 Å². The summed E-state index contributed by atoms with van der Waals surface area (Å²) in [7, 11) is -6.98. The van der Waals surface area contributed by atoms with E-state index in [0.29, 0.717) is 11.1 Å². The van der Waals surface area contributed by atoms with Gasteiger partial charge < -0.3 is 5.73 Å². The Morgan fingerprint density at radius 2 is 1.90 bits per heavy atom. The van der Waals surface area contributed by atoms with E-state index in [1.165, 1.54) is 0 Å². The van der Waals surface area contributed by atoms with Crippen LogP contribution in [0.4, 0.5) is 0 Å². The molecule has 20 heavy (non-hydrogen) atoms. The molecule has 0 atom stereocenters. The van der Waals surface area contributed by atoms with Crippen LogP contribution in [0.15, 0.2) is 24.3 Å². The third-order valence-electron chi connectivity index (χ3n) is 2.46. The summed E-state index contributed by atoms with van der Waals surface area (Å²) < 4.78 is 47.4. The van der Waals surface area contributed by atoms with Crippen molar-refractivity contribution in [2.75, 3.05) is 17.8 Å². The predicted octanol–water partition coefficient (Wildman–Crippen LogP) is -0.565. The zero-order valence-corrected chi connectivity index (χ0v) is 12.6. The van der Waals surface area contributed by atoms with Crippen molar-refractivity contribution < 1.29 is 16.8 Å². The molecule has 0 fully saturated rings. The van der Waals surface area contributed by atoms with Crippen molar-refractivity contribution in [2.45, 2.75) is 6.54 Å². The maximum absolute atomic E-state index is 11.6. The van der Waals surface area contributed by atoms with E-state index in [1.807, 2.05) is 0 Å². The van der Waals surface area contributed by atoms with Gasteiger partial charge in [0.1, 0.15) is 15.7 Å². The molecule has 0 unspecified atom stereocenters. The standard InChI is InChI=1S/C11H17N3O4S2/c1-19(15,16)5-6-20(17,18)14-8-9-3-2-4-10(7-9)11(12)13/h2-4,7,14H,5-6,8H2,1H3,(H3,12,13). The quantitative estimate of drug-likeness (QED) is 0.458. The van der Waals surface area contributed by atoms with Crippen LogP contribution < -0.4 is 10.5 Å². The Bertz CT molecular complexity index is 696.